The first-order valence-corrected chi connectivity index (χ1v) is 14.4. The Morgan fingerprint density at radius 1 is 1.09 bits per heavy atom. The van der Waals surface area contributed by atoms with Crippen molar-refractivity contribution in [2.24, 2.45) is 16.6 Å². The maximum Gasteiger partial charge on any atom is 0.251 e. The van der Waals surface area contributed by atoms with Gasteiger partial charge in [0.05, 0.1) is 12.8 Å². The zero-order valence-corrected chi connectivity index (χ0v) is 24.5. The van der Waals surface area contributed by atoms with Crippen LogP contribution in [0.3, 0.4) is 0 Å². The van der Waals surface area contributed by atoms with Gasteiger partial charge in [0.15, 0.2) is 5.82 Å². The minimum atomic E-state index is -0.302. The minimum Gasteiger partial charge on any atom is -0.497 e. The van der Waals surface area contributed by atoms with Crippen LogP contribution >= 0.6 is 0 Å². The SMILES string of the molecule is COc1cc(OCc2ccc(F)cc2)cc(C(=O)NCC2CCN(c3ccnc(-c4cccc(N=CC=CN)c4)n3)CC2)c1. The molecule has 1 amide bonds. The van der Waals surface area contributed by atoms with Crippen LogP contribution in [0.15, 0.2) is 96.3 Å². The van der Waals surface area contributed by atoms with Crippen LogP contribution < -0.4 is 25.4 Å². The smallest absolute Gasteiger partial charge is 0.251 e. The number of ether oxygens (including phenoxy) is 2. The summed E-state index contributed by atoms with van der Waals surface area (Å²) < 4.78 is 24.5. The van der Waals surface area contributed by atoms with Crippen molar-refractivity contribution in [3.05, 3.63) is 108 Å². The summed E-state index contributed by atoms with van der Waals surface area (Å²) in [7, 11) is 1.55. The summed E-state index contributed by atoms with van der Waals surface area (Å²) in [4.78, 5) is 29.0. The first-order valence-electron chi connectivity index (χ1n) is 14.4. The lowest BCUT2D eigenvalue weighted by Gasteiger charge is -2.33. The van der Waals surface area contributed by atoms with Gasteiger partial charge < -0.3 is 25.4 Å². The molecule has 1 aromatic heterocycles. The van der Waals surface area contributed by atoms with E-state index in [2.05, 4.69) is 20.2 Å². The highest BCUT2D eigenvalue weighted by atomic mass is 19.1. The fraction of sp³-hybridized carbons (Fsp3) is 0.235. The molecule has 1 aliphatic rings. The van der Waals surface area contributed by atoms with Gasteiger partial charge in [-0.2, -0.15) is 0 Å². The first kappa shape index (κ1) is 30.2. The van der Waals surface area contributed by atoms with Crippen LogP contribution in [0.25, 0.3) is 11.4 Å². The fourth-order valence-corrected chi connectivity index (χ4v) is 4.93. The molecule has 0 aliphatic carbocycles. The second kappa shape index (κ2) is 14.8. The topological polar surface area (TPSA) is 115 Å². The second-order valence-electron chi connectivity index (χ2n) is 10.4. The number of aliphatic imine (C=N–C) groups is 1. The normalized spacial score (nSPS) is 13.8. The Morgan fingerprint density at radius 3 is 2.66 bits per heavy atom. The van der Waals surface area contributed by atoms with Crippen LogP contribution in [0.4, 0.5) is 15.9 Å². The molecule has 1 fully saturated rings. The summed E-state index contributed by atoms with van der Waals surface area (Å²) in [5.74, 6) is 2.39. The Balaban J connectivity index is 1.14. The van der Waals surface area contributed by atoms with E-state index in [1.165, 1.54) is 18.3 Å². The lowest BCUT2D eigenvalue weighted by Crippen LogP contribution is -2.39. The van der Waals surface area contributed by atoms with Crippen molar-refractivity contribution in [1.82, 2.24) is 15.3 Å². The van der Waals surface area contributed by atoms with E-state index in [4.69, 9.17) is 20.2 Å². The molecule has 0 spiro atoms. The molecule has 2 heterocycles. The van der Waals surface area contributed by atoms with E-state index in [1.54, 1.807) is 55.9 Å². The third-order valence-corrected chi connectivity index (χ3v) is 7.35. The first-order chi connectivity index (χ1) is 21.5. The van der Waals surface area contributed by atoms with Gasteiger partial charge in [0, 0.05) is 49.2 Å². The number of anilines is 1. The average molecular weight is 595 g/mol. The third-order valence-electron chi connectivity index (χ3n) is 7.35. The van der Waals surface area contributed by atoms with Gasteiger partial charge in [0.1, 0.15) is 29.7 Å². The highest BCUT2D eigenvalue weighted by molar-refractivity contribution is 5.95. The molecule has 0 radical (unpaired) electrons. The fourth-order valence-electron chi connectivity index (χ4n) is 4.93. The van der Waals surface area contributed by atoms with E-state index in [0.29, 0.717) is 35.3 Å². The Hall–Kier alpha value is -5.25. The van der Waals surface area contributed by atoms with Crippen molar-refractivity contribution in [3.63, 3.8) is 0 Å². The Kier molecular flexibility index (Phi) is 10.1. The number of halogens is 1. The van der Waals surface area contributed by atoms with Gasteiger partial charge in [0.2, 0.25) is 0 Å². The summed E-state index contributed by atoms with van der Waals surface area (Å²) in [5, 5.41) is 3.08. The molecule has 0 saturated carbocycles. The molecule has 0 atom stereocenters. The molecular weight excluding hydrogens is 559 g/mol. The molecule has 226 valence electrons. The lowest BCUT2D eigenvalue weighted by atomic mass is 9.96. The number of nitrogens with zero attached hydrogens (tertiary/aromatic N) is 4. The van der Waals surface area contributed by atoms with Crippen molar-refractivity contribution in [3.8, 4) is 22.9 Å². The van der Waals surface area contributed by atoms with Crippen molar-refractivity contribution >= 4 is 23.6 Å². The number of rotatable bonds is 11. The van der Waals surface area contributed by atoms with E-state index >= 15 is 0 Å². The van der Waals surface area contributed by atoms with Gasteiger partial charge in [-0.3, -0.25) is 9.79 Å². The average Bonchev–Trinajstić information content (AvgIpc) is 3.07. The van der Waals surface area contributed by atoms with Crippen LogP contribution in [0.2, 0.25) is 0 Å². The Bertz CT molecular complexity index is 1620. The van der Waals surface area contributed by atoms with Gasteiger partial charge >= 0.3 is 0 Å². The van der Waals surface area contributed by atoms with Gasteiger partial charge in [-0.25, -0.2) is 14.4 Å². The molecule has 1 saturated heterocycles. The van der Waals surface area contributed by atoms with Gasteiger partial charge in [0.25, 0.3) is 5.91 Å². The third kappa shape index (κ3) is 8.19. The van der Waals surface area contributed by atoms with Gasteiger partial charge in [-0.15, -0.1) is 0 Å². The largest absolute Gasteiger partial charge is 0.497 e. The number of allylic oxidation sites excluding steroid dienone is 1. The molecule has 0 unspecified atom stereocenters. The monoisotopic (exact) mass is 594 g/mol. The van der Waals surface area contributed by atoms with Crippen LogP contribution in [0, 0.1) is 11.7 Å². The highest BCUT2D eigenvalue weighted by Gasteiger charge is 2.22. The molecule has 3 aromatic carbocycles. The summed E-state index contributed by atoms with van der Waals surface area (Å²) in [6, 6.07) is 20.9. The quantitative estimate of drug-likeness (QED) is 0.214. The maximum atomic E-state index is 13.2. The number of nitrogens with one attached hydrogen (secondary N) is 1. The molecule has 4 aromatic rings. The van der Waals surface area contributed by atoms with Crippen LogP contribution in [-0.2, 0) is 6.61 Å². The highest BCUT2D eigenvalue weighted by Crippen LogP contribution is 2.27. The maximum absolute atomic E-state index is 13.2. The number of amides is 1. The molecule has 0 bridgehead atoms. The number of carbonyl (C=O) groups excluding carboxylic acids is 1. The van der Waals surface area contributed by atoms with E-state index in [0.717, 1.165) is 48.6 Å². The summed E-state index contributed by atoms with van der Waals surface area (Å²) in [6.45, 7) is 2.47. The number of piperidine rings is 1. The molecule has 10 heteroatoms. The van der Waals surface area contributed by atoms with E-state index in [-0.39, 0.29) is 18.3 Å². The van der Waals surface area contributed by atoms with E-state index in [9.17, 15) is 9.18 Å². The summed E-state index contributed by atoms with van der Waals surface area (Å²) in [6.07, 6.45) is 8.36. The van der Waals surface area contributed by atoms with Crippen LogP contribution in [0.1, 0.15) is 28.8 Å². The lowest BCUT2D eigenvalue weighted by molar-refractivity contribution is 0.0944. The second-order valence-corrected chi connectivity index (χ2v) is 10.4. The Labute approximate surface area is 256 Å². The standard InChI is InChI=1S/C34H35FN6O3/c1-43-30-19-27(20-31(21-30)44-23-25-6-8-28(35)9-7-25)34(42)39-22-24-11-16-41(17-12-24)32-10-15-38-33(40-32)26-4-2-5-29(18-26)37-14-3-13-36/h2-10,13-15,18-21,24H,11-12,16-17,22-23,36H2,1H3,(H,39,42). The van der Waals surface area contributed by atoms with E-state index < -0.39 is 0 Å². The minimum absolute atomic E-state index is 0.191. The zero-order valence-electron chi connectivity index (χ0n) is 24.5. The van der Waals surface area contributed by atoms with Crippen molar-refractivity contribution in [2.45, 2.75) is 19.4 Å². The predicted molar refractivity (Wildman–Crippen MR) is 170 cm³/mol. The number of carbonyl (C=O) groups is 1. The van der Waals surface area contributed by atoms with Crippen molar-refractivity contribution < 1.29 is 18.7 Å². The molecule has 5 rings (SSSR count). The van der Waals surface area contributed by atoms with Crippen LogP contribution in [-0.4, -0.2) is 48.8 Å². The number of nitrogens with two attached hydrogens (primary N) is 1. The molecular formula is C34H35FN6O3. The number of hydrogen-bond donors (Lipinski definition) is 2. The number of hydrogen-bond acceptors (Lipinski definition) is 8. The van der Waals surface area contributed by atoms with Crippen molar-refractivity contribution in [2.75, 3.05) is 31.6 Å². The number of aromatic nitrogens is 2. The molecule has 9 nitrogen and oxygen atoms in total. The predicted octanol–water partition coefficient (Wildman–Crippen LogP) is 5.69. The van der Waals surface area contributed by atoms with E-state index in [1.807, 2.05) is 30.3 Å². The number of methoxy groups -OCH3 is 1. The zero-order chi connectivity index (χ0) is 30.7. The molecule has 44 heavy (non-hydrogen) atoms. The number of benzene rings is 3. The summed E-state index contributed by atoms with van der Waals surface area (Å²) >= 11 is 0. The molecule has 3 N–H and O–H groups in total. The van der Waals surface area contributed by atoms with Crippen LogP contribution in [0.5, 0.6) is 11.5 Å². The Morgan fingerprint density at radius 2 is 1.89 bits per heavy atom. The van der Waals surface area contributed by atoms with Gasteiger partial charge in [-0.05, 0) is 79.1 Å². The van der Waals surface area contributed by atoms with Crippen molar-refractivity contribution in [1.29, 1.82) is 0 Å². The van der Waals surface area contributed by atoms with Gasteiger partial charge in [-0.1, -0.05) is 24.3 Å². The summed E-state index contributed by atoms with van der Waals surface area (Å²) in [5.41, 5.74) is 8.33. The molecule has 1 aliphatic heterocycles.